The Bertz CT molecular complexity index is 599. The van der Waals surface area contributed by atoms with Crippen molar-refractivity contribution in [1.29, 1.82) is 5.26 Å². The van der Waals surface area contributed by atoms with Crippen molar-refractivity contribution in [2.45, 2.75) is 38.1 Å². The molecule has 1 aliphatic heterocycles. The molecule has 0 aromatic heterocycles. The third-order valence-corrected chi connectivity index (χ3v) is 4.23. The van der Waals surface area contributed by atoms with Gasteiger partial charge in [-0.25, -0.2) is 0 Å². The van der Waals surface area contributed by atoms with Gasteiger partial charge in [0, 0.05) is 37.7 Å². The lowest BCUT2D eigenvalue weighted by Gasteiger charge is -2.34. The zero-order valence-electron chi connectivity index (χ0n) is 14.0. The largest absolute Gasteiger partial charge is 0.469 e. The van der Waals surface area contributed by atoms with Gasteiger partial charge in [0.25, 0.3) is 0 Å². The monoisotopic (exact) mass is 329 g/mol. The fourth-order valence-electron chi connectivity index (χ4n) is 2.82. The molecule has 24 heavy (non-hydrogen) atoms. The Labute approximate surface area is 142 Å². The Hall–Kier alpha value is -2.55. The van der Waals surface area contributed by atoms with E-state index in [2.05, 4.69) is 21.0 Å². The SMILES string of the molecule is COC(=O)CCCC(=O)NC1CCN(c2ccc(C#N)cc2)CC1. The van der Waals surface area contributed by atoms with Gasteiger partial charge in [0.15, 0.2) is 0 Å². The molecule has 0 atom stereocenters. The average Bonchev–Trinajstić information content (AvgIpc) is 2.62. The number of methoxy groups -OCH3 is 1. The number of nitrogens with one attached hydrogen (secondary N) is 1. The van der Waals surface area contributed by atoms with E-state index in [1.807, 2.05) is 24.3 Å². The van der Waals surface area contributed by atoms with E-state index in [9.17, 15) is 9.59 Å². The third-order valence-electron chi connectivity index (χ3n) is 4.23. The van der Waals surface area contributed by atoms with Crippen molar-refractivity contribution in [2.75, 3.05) is 25.1 Å². The standard InChI is InChI=1S/C18H23N3O3/c1-24-18(23)4-2-3-17(22)20-15-9-11-21(12-10-15)16-7-5-14(13-19)6-8-16/h5-8,15H,2-4,9-12H2,1H3,(H,20,22). The van der Waals surface area contributed by atoms with E-state index >= 15 is 0 Å². The fraction of sp³-hybridized carbons (Fsp3) is 0.500. The number of nitriles is 1. The fourth-order valence-corrected chi connectivity index (χ4v) is 2.82. The lowest BCUT2D eigenvalue weighted by atomic mass is 10.0. The molecule has 0 bridgehead atoms. The van der Waals surface area contributed by atoms with Crippen LogP contribution >= 0.6 is 0 Å². The summed E-state index contributed by atoms with van der Waals surface area (Å²) in [4.78, 5) is 25.2. The van der Waals surface area contributed by atoms with Gasteiger partial charge < -0.3 is 15.0 Å². The molecule has 1 aromatic carbocycles. The highest BCUT2D eigenvalue weighted by Crippen LogP contribution is 2.20. The number of nitrogens with zero attached hydrogens (tertiary/aromatic N) is 2. The number of carbonyl (C=O) groups excluding carboxylic acids is 2. The number of hydrogen-bond donors (Lipinski definition) is 1. The molecule has 6 heteroatoms. The first-order valence-electron chi connectivity index (χ1n) is 8.23. The molecule has 1 N–H and O–H groups in total. The second-order valence-corrected chi connectivity index (χ2v) is 5.92. The molecular weight excluding hydrogens is 306 g/mol. The van der Waals surface area contributed by atoms with E-state index in [1.165, 1.54) is 7.11 Å². The average molecular weight is 329 g/mol. The molecule has 1 saturated heterocycles. The molecule has 1 fully saturated rings. The van der Waals surface area contributed by atoms with Gasteiger partial charge in [0.1, 0.15) is 0 Å². The number of carbonyl (C=O) groups is 2. The minimum Gasteiger partial charge on any atom is -0.469 e. The Morgan fingerprint density at radius 2 is 1.92 bits per heavy atom. The number of ether oxygens (including phenoxy) is 1. The lowest BCUT2D eigenvalue weighted by Crippen LogP contribution is -2.44. The van der Waals surface area contributed by atoms with Gasteiger partial charge in [0.05, 0.1) is 18.7 Å². The number of rotatable bonds is 6. The molecule has 0 saturated carbocycles. The lowest BCUT2D eigenvalue weighted by molar-refractivity contribution is -0.140. The Kier molecular flexibility index (Phi) is 6.62. The first-order chi connectivity index (χ1) is 11.6. The van der Waals surface area contributed by atoms with E-state index in [0.717, 1.165) is 31.6 Å². The van der Waals surface area contributed by atoms with Crippen molar-refractivity contribution in [2.24, 2.45) is 0 Å². The van der Waals surface area contributed by atoms with Crippen molar-refractivity contribution >= 4 is 17.6 Å². The van der Waals surface area contributed by atoms with Crippen LogP contribution in [0.2, 0.25) is 0 Å². The summed E-state index contributed by atoms with van der Waals surface area (Å²) >= 11 is 0. The smallest absolute Gasteiger partial charge is 0.305 e. The van der Waals surface area contributed by atoms with Crippen molar-refractivity contribution in [3.8, 4) is 6.07 Å². The van der Waals surface area contributed by atoms with Crippen LogP contribution in [0.5, 0.6) is 0 Å². The highest BCUT2D eigenvalue weighted by Gasteiger charge is 2.20. The molecule has 6 nitrogen and oxygen atoms in total. The Morgan fingerprint density at radius 3 is 2.50 bits per heavy atom. The van der Waals surface area contributed by atoms with Crippen LogP contribution in [0.25, 0.3) is 0 Å². The molecule has 1 heterocycles. The van der Waals surface area contributed by atoms with Crippen LogP contribution in [-0.4, -0.2) is 38.1 Å². The van der Waals surface area contributed by atoms with Gasteiger partial charge >= 0.3 is 5.97 Å². The minimum atomic E-state index is -0.279. The summed E-state index contributed by atoms with van der Waals surface area (Å²) in [5.41, 5.74) is 1.77. The van der Waals surface area contributed by atoms with Crippen LogP contribution in [0.3, 0.4) is 0 Å². The van der Waals surface area contributed by atoms with Crippen LogP contribution in [0.4, 0.5) is 5.69 Å². The normalized spacial score (nSPS) is 14.8. The van der Waals surface area contributed by atoms with E-state index in [-0.39, 0.29) is 24.3 Å². The number of hydrogen-bond acceptors (Lipinski definition) is 5. The van der Waals surface area contributed by atoms with Crippen LogP contribution in [-0.2, 0) is 14.3 Å². The van der Waals surface area contributed by atoms with Crippen LogP contribution in [0, 0.1) is 11.3 Å². The number of anilines is 1. The first-order valence-corrected chi connectivity index (χ1v) is 8.23. The summed E-state index contributed by atoms with van der Waals surface area (Å²) < 4.78 is 4.56. The molecule has 2 rings (SSSR count). The summed E-state index contributed by atoms with van der Waals surface area (Å²) in [7, 11) is 1.35. The first kappa shape index (κ1) is 17.8. The van der Waals surface area contributed by atoms with Crippen LogP contribution in [0.1, 0.15) is 37.7 Å². The number of esters is 1. The predicted octanol–water partition coefficient (Wildman–Crippen LogP) is 1.99. The molecule has 0 aliphatic carbocycles. The van der Waals surface area contributed by atoms with Crippen molar-refractivity contribution in [3.63, 3.8) is 0 Å². The zero-order valence-corrected chi connectivity index (χ0v) is 14.0. The van der Waals surface area contributed by atoms with Gasteiger partial charge in [-0.05, 0) is 43.5 Å². The van der Waals surface area contributed by atoms with Gasteiger partial charge in [-0.1, -0.05) is 0 Å². The molecule has 0 unspecified atom stereocenters. The maximum absolute atomic E-state index is 11.9. The quantitative estimate of drug-likeness (QED) is 0.807. The molecule has 0 spiro atoms. The summed E-state index contributed by atoms with van der Waals surface area (Å²) in [5, 5.41) is 11.9. The van der Waals surface area contributed by atoms with Crippen LogP contribution < -0.4 is 10.2 Å². The highest BCUT2D eigenvalue weighted by molar-refractivity contribution is 5.77. The Balaban J connectivity index is 1.71. The molecule has 1 amide bonds. The van der Waals surface area contributed by atoms with Crippen molar-refractivity contribution in [1.82, 2.24) is 5.32 Å². The zero-order chi connectivity index (χ0) is 17.4. The second kappa shape index (κ2) is 8.92. The van der Waals surface area contributed by atoms with Gasteiger partial charge in [-0.15, -0.1) is 0 Å². The summed E-state index contributed by atoms with van der Waals surface area (Å²) in [5.74, 6) is -0.283. The maximum atomic E-state index is 11.9. The topological polar surface area (TPSA) is 82.4 Å². The van der Waals surface area contributed by atoms with Crippen molar-refractivity contribution in [3.05, 3.63) is 29.8 Å². The maximum Gasteiger partial charge on any atom is 0.305 e. The van der Waals surface area contributed by atoms with Gasteiger partial charge in [-0.3, -0.25) is 9.59 Å². The van der Waals surface area contributed by atoms with E-state index in [4.69, 9.17) is 5.26 Å². The number of benzene rings is 1. The number of piperidine rings is 1. The van der Waals surface area contributed by atoms with E-state index < -0.39 is 0 Å². The molecule has 0 radical (unpaired) electrons. The summed E-state index contributed by atoms with van der Waals surface area (Å²) in [6.07, 6.45) is 2.93. The Morgan fingerprint density at radius 1 is 1.25 bits per heavy atom. The van der Waals surface area contributed by atoms with Gasteiger partial charge in [-0.2, -0.15) is 5.26 Å². The van der Waals surface area contributed by atoms with Crippen LogP contribution in [0.15, 0.2) is 24.3 Å². The minimum absolute atomic E-state index is 0.00396. The third kappa shape index (κ3) is 5.27. The molecule has 128 valence electrons. The number of amides is 1. The van der Waals surface area contributed by atoms with E-state index in [1.54, 1.807) is 0 Å². The molecule has 1 aliphatic rings. The summed E-state index contributed by atoms with van der Waals surface area (Å²) in [6, 6.07) is 9.88. The molecular formula is C18H23N3O3. The van der Waals surface area contributed by atoms with E-state index in [0.29, 0.717) is 18.4 Å². The van der Waals surface area contributed by atoms with Crippen molar-refractivity contribution < 1.29 is 14.3 Å². The molecule has 1 aromatic rings. The second-order valence-electron chi connectivity index (χ2n) is 5.92. The van der Waals surface area contributed by atoms with Gasteiger partial charge in [0.2, 0.25) is 5.91 Å². The summed E-state index contributed by atoms with van der Waals surface area (Å²) in [6.45, 7) is 1.75. The highest BCUT2D eigenvalue weighted by atomic mass is 16.5. The predicted molar refractivity (Wildman–Crippen MR) is 90.4 cm³/mol.